The number of fused-ring (bicyclic) bond motifs is 2. The molecule has 7 heteroatoms. The quantitative estimate of drug-likeness (QED) is 0.492. The van der Waals surface area contributed by atoms with Gasteiger partial charge in [-0.05, 0) is 23.8 Å². The number of alkyl halides is 2. The van der Waals surface area contributed by atoms with Crippen molar-refractivity contribution in [2.75, 3.05) is 6.61 Å². The molecule has 0 unspecified atom stereocenters. The van der Waals surface area contributed by atoms with Crippen LogP contribution in [0.15, 0.2) is 54.7 Å². The van der Waals surface area contributed by atoms with Crippen molar-refractivity contribution in [3.63, 3.8) is 0 Å². The van der Waals surface area contributed by atoms with Crippen molar-refractivity contribution < 1.29 is 18.3 Å². The van der Waals surface area contributed by atoms with Crippen LogP contribution in [0.2, 0.25) is 0 Å². The van der Waals surface area contributed by atoms with Gasteiger partial charge in [-0.3, -0.25) is 0 Å². The van der Waals surface area contributed by atoms with Crippen molar-refractivity contribution in [1.29, 1.82) is 0 Å². The minimum atomic E-state index is -2.78. The largest absolute Gasteiger partial charge is 0.462 e. The van der Waals surface area contributed by atoms with Crippen molar-refractivity contribution in [3.05, 3.63) is 66.0 Å². The van der Waals surface area contributed by atoms with Crippen LogP contribution >= 0.6 is 0 Å². The predicted octanol–water partition coefficient (Wildman–Crippen LogP) is 4.66. The van der Waals surface area contributed by atoms with Crippen LogP contribution < -0.4 is 0 Å². The van der Waals surface area contributed by atoms with Crippen LogP contribution in [0.5, 0.6) is 0 Å². The summed E-state index contributed by atoms with van der Waals surface area (Å²) in [5, 5.41) is 5.76. The fourth-order valence-electron chi connectivity index (χ4n) is 3.08. The Morgan fingerprint density at radius 1 is 1.19 bits per heavy atom. The SMILES string of the molecule is CCOC(=O)c1cnn2c(C(F)F)cc(-c3cccc4ccccc34)nc12. The first-order valence-corrected chi connectivity index (χ1v) is 8.42. The molecule has 2 heterocycles. The van der Waals surface area contributed by atoms with Gasteiger partial charge in [-0.1, -0.05) is 42.5 Å². The highest BCUT2D eigenvalue weighted by Crippen LogP contribution is 2.31. The van der Waals surface area contributed by atoms with Crippen LogP contribution in [0.4, 0.5) is 8.78 Å². The summed E-state index contributed by atoms with van der Waals surface area (Å²) in [5.41, 5.74) is 0.822. The summed E-state index contributed by atoms with van der Waals surface area (Å²) in [6.07, 6.45) is -1.57. The average Bonchev–Trinajstić information content (AvgIpc) is 3.11. The third kappa shape index (κ3) is 2.91. The Labute approximate surface area is 153 Å². The van der Waals surface area contributed by atoms with E-state index in [4.69, 9.17) is 4.74 Å². The molecule has 0 aliphatic heterocycles. The van der Waals surface area contributed by atoms with Gasteiger partial charge in [0.1, 0.15) is 11.3 Å². The lowest BCUT2D eigenvalue weighted by Crippen LogP contribution is -2.07. The van der Waals surface area contributed by atoms with Gasteiger partial charge in [-0.25, -0.2) is 23.1 Å². The molecule has 0 fully saturated rings. The summed E-state index contributed by atoms with van der Waals surface area (Å²) in [6, 6.07) is 14.5. The van der Waals surface area contributed by atoms with Gasteiger partial charge in [0.15, 0.2) is 5.65 Å². The lowest BCUT2D eigenvalue weighted by atomic mass is 10.0. The van der Waals surface area contributed by atoms with Gasteiger partial charge >= 0.3 is 5.97 Å². The third-order valence-corrected chi connectivity index (χ3v) is 4.28. The highest BCUT2D eigenvalue weighted by molar-refractivity contribution is 5.98. The molecule has 5 nitrogen and oxygen atoms in total. The van der Waals surface area contributed by atoms with E-state index in [1.807, 2.05) is 42.5 Å². The highest BCUT2D eigenvalue weighted by Gasteiger charge is 2.22. The van der Waals surface area contributed by atoms with Crippen LogP contribution in [-0.4, -0.2) is 27.2 Å². The monoisotopic (exact) mass is 367 g/mol. The van der Waals surface area contributed by atoms with Crippen LogP contribution in [0.1, 0.15) is 29.4 Å². The highest BCUT2D eigenvalue weighted by atomic mass is 19.3. The van der Waals surface area contributed by atoms with Gasteiger partial charge in [0, 0.05) is 5.56 Å². The zero-order chi connectivity index (χ0) is 19.0. The maximum absolute atomic E-state index is 13.7. The molecule has 27 heavy (non-hydrogen) atoms. The number of benzene rings is 2. The van der Waals surface area contributed by atoms with Crippen LogP contribution in [0, 0.1) is 0 Å². The van der Waals surface area contributed by atoms with Gasteiger partial charge in [-0.2, -0.15) is 5.10 Å². The zero-order valence-electron chi connectivity index (χ0n) is 14.4. The molecular weight excluding hydrogens is 352 g/mol. The van der Waals surface area contributed by atoms with Crippen molar-refractivity contribution >= 4 is 22.4 Å². The molecular formula is C20H15F2N3O2. The molecule has 4 rings (SSSR count). The molecule has 0 amide bonds. The molecule has 0 spiro atoms. The maximum Gasteiger partial charge on any atom is 0.343 e. The summed E-state index contributed by atoms with van der Waals surface area (Å²) in [5.74, 6) is -0.643. The lowest BCUT2D eigenvalue weighted by molar-refractivity contribution is 0.0528. The molecule has 2 aromatic carbocycles. The summed E-state index contributed by atoms with van der Waals surface area (Å²) in [7, 11) is 0. The van der Waals surface area contributed by atoms with Crippen molar-refractivity contribution in [2.24, 2.45) is 0 Å². The number of carbonyl (C=O) groups excluding carboxylic acids is 1. The van der Waals surface area contributed by atoms with Crippen molar-refractivity contribution in [3.8, 4) is 11.3 Å². The Kier molecular flexibility index (Phi) is 4.27. The number of esters is 1. The first-order chi connectivity index (χ1) is 13.1. The normalized spacial score (nSPS) is 11.4. The second-order valence-corrected chi connectivity index (χ2v) is 5.91. The fraction of sp³-hybridized carbons (Fsp3) is 0.150. The molecule has 0 saturated carbocycles. The van der Waals surface area contributed by atoms with Gasteiger partial charge in [0.25, 0.3) is 6.43 Å². The van der Waals surface area contributed by atoms with E-state index in [1.54, 1.807) is 6.92 Å². The molecule has 0 aliphatic rings. The number of halogens is 2. The number of aromatic nitrogens is 3. The molecule has 4 aromatic rings. The maximum atomic E-state index is 13.7. The molecule has 0 atom stereocenters. The predicted molar refractivity (Wildman–Crippen MR) is 96.8 cm³/mol. The Balaban J connectivity index is 2.00. The molecule has 0 saturated heterocycles. The van der Waals surface area contributed by atoms with Gasteiger partial charge in [-0.15, -0.1) is 0 Å². The number of ether oxygens (including phenoxy) is 1. The number of nitrogens with zero attached hydrogens (tertiary/aromatic N) is 3. The summed E-state index contributed by atoms with van der Waals surface area (Å²) < 4.78 is 33.3. The van der Waals surface area contributed by atoms with E-state index >= 15 is 0 Å². The number of carbonyl (C=O) groups is 1. The summed E-state index contributed by atoms with van der Waals surface area (Å²) >= 11 is 0. The van der Waals surface area contributed by atoms with Crippen LogP contribution in [0.25, 0.3) is 27.7 Å². The van der Waals surface area contributed by atoms with Gasteiger partial charge < -0.3 is 4.74 Å². The first-order valence-electron chi connectivity index (χ1n) is 8.42. The number of rotatable bonds is 4. The average molecular weight is 367 g/mol. The lowest BCUT2D eigenvalue weighted by Gasteiger charge is -2.10. The minimum Gasteiger partial charge on any atom is -0.462 e. The molecule has 0 N–H and O–H groups in total. The van der Waals surface area contributed by atoms with E-state index in [0.717, 1.165) is 15.3 Å². The van der Waals surface area contributed by atoms with Crippen molar-refractivity contribution in [1.82, 2.24) is 14.6 Å². The zero-order valence-corrected chi connectivity index (χ0v) is 14.4. The first kappa shape index (κ1) is 17.1. The van der Waals surface area contributed by atoms with E-state index < -0.39 is 12.4 Å². The smallest absolute Gasteiger partial charge is 0.343 e. The minimum absolute atomic E-state index is 0.0502. The molecule has 0 aliphatic carbocycles. The van der Waals surface area contributed by atoms with Crippen LogP contribution in [0.3, 0.4) is 0 Å². The molecule has 2 aromatic heterocycles. The standard InChI is InChI=1S/C20H15F2N3O2/c1-2-27-20(26)15-11-23-25-17(18(21)22)10-16(24-19(15)25)14-9-5-7-12-6-3-4-8-13(12)14/h3-11,18H,2H2,1H3. The topological polar surface area (TPSA) is 56.5 Å². The Morgan fingerprint density at radius 3 is 2.74 bits per heavy atom. The third-order valence-electron chi connectivity index (χ3n) is 4.28. The van der Waals surface area contributed by atoms with Gasteiger partial charge in [0.2, 0.25) is 0 Å². The second-order valence-electron chi connectivity index (χ2n) is 5.91. The van der Waals surface area contributed by atoms with E-state index in [-0.39, 0.29) is 23.5 Å². The Hall–Kier alpha value is -3.35. The molecule has 0 bridgehead atoms. The van der Waals surface area contributed by atoms with Gasteiger partial charge in [0.05, 0.1) is 18.5 Å². The van der Waals surface area contributed by atoms with Crippen molar-refractivity contribution in [2.45, 2.75) is 13.3 Å². The number of hydrogen-bond donors (Lipinski definition) is 0. The molecule has 136 valence electrons. The van der Waals surface area contributed by atoms with E-state index in [1.165, 1.54) is 12.3 Å². The number of hydrogen-bond acceptors (Lipinski definition) is 4. The van der Waals surface area contributed by atoms with E-state index in [0.29, 0.717) is 11.3 Å². The summed E-state index contributed by atoms with van der Waals surface area (Å²) in [4.78, 5) is 16.6. The second kappa shape index (κ2) is 6.75. The van der Waals surface area contributed by atoms with E-state index in [9.17, 15) is 13.6 Å². The van der Waals surface area contributed by atoms with Crippen LogP contribution in [-0.2, 0) is 4.74 Å². The Morgan fingerprint density at radius 2 is 1.96 bits per heavy atom. The van der Waals surface area contributed by atoms with E-state index in [2.05, 4.69) is 10.1 Å². The molecule has 0 radical (unpaired) electrons. The fourth-order valence-corrected chi connectivity index (χ4v) is 3.08. The Bertz CT molecular complexity index is 1150. The summed E-state index contributed by atoms with van der Waals surface area (Å²) in [6.45, 7) is 1.84.